The molecule has 1 N–H and O–H groups in total. The third kappa shape index (κ3) is 8.02. The number of benzene rings is 1. The number of hydrogen-bond acceptors (Lipinski definition) is 8. The van der Waals surface area contributed by atoms with Gasteiger partial charge in [0.15, 0.2) is 0 Å². The van der Waals surface area contributed by atoms with Gasteiger partial charge in [-0.2, -0.15) is 0 Å². The minimum absolute atomic E-state index is 0.0780. The molecule has 3 rings (SSSR count). The van der Waals surface area contributed by atoms with Gasteiger partial charge in [0.05, 0.1) is 23.5 Å². The molecule has 0 aliphatic rings. The maximum Gasteiger partial charge on any atom is 0.281 e. The quantitative estimate of drug-likeness (QED) is 0.274. The number of ether oxygens (including phenoxy) is 3. The van der Waals surface area contributed by atoms with Gasteiger partial charge in [0.1, 0.15) is 17.8 Å². The van der Waals surface area contributed by atoms with Crippen molar-refractivity contribution < 1.29 is 19.0 Å². The molecule has 2 heterocycles. The average Bonchev–Trinajstić information content (AvgIpc) is 3.26. The number of nitrogens with zero attached hydrogens (tertiary/aromatic N) is 3. The Morgan fingerprint density at radius 2 is 1.97 bits per heavy atom. The molecule has 0 radical (unpaired) electrons. The summed E-state index contributed by atoms with van der Waals surface area (Å²) in [5.74, 6) is 1.37. The minimum Gasteiger partial charge on any atom is -0.445 e. The summed E-state index contributed by atoms with van der Waals surface area (Å²) in [6.45, 7) is 5.27. The van der Waals surface area contributed by atoms with E-state index in [1.165, 1.54) is 36.9 Å². The Morgan fingerprint density at radius 1 is 1.18 bits per heavy atom. The normalized spacial score (nSPS) is 12.9. The van der Waals surface area contributed by atoms with Crippen molar-refractivity contribution in [1.29, 1.82) is 0 Å². The van der Waals surface area contributed by atoms with E-state index in [9.17, 15) is 4.79 Å². The van der Waals surface area contributed by atoms with Gasteiger partial charge in [-0.3, -0.25) is 9.78 Å². The van der Waals surface area contributed by atoms with Crippen LogP contribution in [-0.4, -0.2) is 20.9 Å². The van der Waals surface area contributed by atoms with Crippen molar-refractivity contribution in [2.24, 2.45) is 0 Å². The van der Waals surface area contributed by atoms with Crippen molar-refractivity contribution in [2.75, 3.05) is 0 Å². The molecular weight excluding hydrogens is 476 g/mol. The number of carbonyl (C=O) groups excluding carboxylic acids is 1. The zero-order valence-corrected chi connectivity index (χ0v) is 20.3. The molecule has 0 saturated heterocycles. The Morgan fingerprint density at radius 3 is 2.65 bits per heavy atom. The first-order valence-electron chi connectivity index (χ1n) is 10.2. The molecule has 0 aliphatic carbocycles. The number of nitrogens with one attached hydrogen (secondary N) is 1. The summed E-state index contributed by atoms with van der Waals surface area (Å²) in [7, 11) is 0. The molecule has 2 aromatic heterocycles. The molecule has 176 valence electrons. The zero-order chi connectivity index (χ0) is 24.3. The Balaban J connectivity index is 1.59. The number of hydrogen-bond donors (Lipinski definition) is 1. The molecular formula is C24H23ClN4O4S. The molecule has 1 atom stereocenters. The van der Waals surface area contributed by atoms with Gasteiger partial charge in [0.25, 0.3) is 5.19 Å². The van der Waals surface area contributed by atoms with Crippen LogP contribution in [0.1, 0.15) is 32.4 Å². The summed E-state index contributed by atoms with van der Waals surface area (Å²) >= 11 is 7.49. The Bertz CT molecular complexity index is 1180. The van der Waals surface area contributed by atoms with Gasteiger partial charge in [-0.05, 0) is 49.0 Å². The first kappa shape index (κ1) is 24.9. The second-order valence-corrected chi connectivity index (χ2v) is 8.24. The van der Waals surface area contributed by atoms with Crippen LogP contribution in [0.4, 0.5) is 0 Å². The van der Waals surface area contributed by atoms with E-state index < -0.39 is 0 Å². The first-order valence-corrected chi connectivity index (χ1v) is 11.4. The highest BCUT2D eigenvalue weighted by molar-refractivity contribution is 7.15. The van der Waals surface area contributed by atoms with Crippen LogP contribution in [0.25, 0.3) is 0 Å². The third-order valence-electron chi connectivity index (χ3n) is 4.13. The van der Waals surface area contributed by atoms with E-state index in [-0.39, 0.29) is 11.9 Å². The van der Waals surface area contributed by atoms with Crippen molar-refractivity contribution in [2.45, 2.75) is 26.8 Å². The van der Waals surface area contributed by atoms with E-state index in [4.69, 9.17) is 25.8 Å². The molecule has 3 aromatic rings. The van der Waals surface area contributed by atoms with Crippen LogP contribution in [0, 0.1) is 0 Å². The Hall–Kier alpha value is -3.69. The van der Waals surface area contributed by atoms with Crippen LogP contribution in [0.2, 0.25) is 0 Å². The number of halogens is 1. The average molecular weight is 499 g/mol. The van der Waals surface area contributed by atoms with Crippen molar-refractivity contribution in [3.63, 3.8) is 0 Å². The predicted octanol–water partition coefficient (Wildman–Crippen LogP) is 5.92. The zero-order valence-electron chi connectivity index (χ0n) is 18.8. The van der Waals surface area contributed by atoms with E-state index in [2.05, 4.69) is 20.3 Å². The van der Waals surface area contributed by atoms with Crippen LogP contribution in [0.15, 0.2) is 84.3 Å². The fourth-order valence-electron chi connectivity index (χ4n) is 2.69. The molecule has 1 amide bonds. The standard InChI is InChI=1S/C24H23ClN4O4S/c1-4-5-21(32-22-13-26-10-11-27-22)12-19(25)15-31-24-28-14-23(34-24)33-20-8-6-18(7-9-20)16(2)29-17(3)30/h4-16H,1-3H3,(H,29,30)/b5-4-,19-15-,21-12+. The lowest BCUT2D eigenvalue weighted by molar-refractivity contribution is -0.119. The smallest absolute Gasteiger partial charge is 0.281 e. The maximum absolute atomic E-state index is 11.2. The van der Waals surface area contributed by atoms with Crippen LogP contribution < -0.4 is 19.5 Å². The molecule has 1 unspecified atom stereocenters. The largest absolute Gasteiger partial charge is 0.445 e. The number of amides is 1. The molecule has 8 nitrogen and oxygen atoms in total. The van der Waals surface area contributed by atoms with E-state index in [1.807, 2.05) is 44.2 Å². The Labute approximate surface area is 206 Å². The highest BCUT2D eigenvalue weighted by Gasteiger charge is 2.09. The molecule has 0 bridgehead atoms. The number of carbonyl (C=O) groups is 1. The second-order valence-electron chi connectivity index (χ2n) is 6.85. The number of allylic oxidation sites excluding steroid dienone is 4. The lowest BCUT2D eigenvalue weighted by Crippen LogP contribution is -2.23. The van der Waals surface area contributed by atoms with Gasteiger partial charge in [-0.1, -0.05) is 29.8 Å². The van der Waals surface area contributed by atoms with Gasteiger partial charge in [-0.25, -0.2) is 9.97 Å². The molecule has 1 aromatic carbocycles. The Kier molecular flexibility index (Phi) is 9.19. The monoisotopic (exact) mass is 498 g/mol. The number of rotatable bonds is 10. The van der Waals surface area contributed by atoms with Crippen LogP contribution in [0.3, 0.4) is 0 Å². The van der Waals surface area contributed by atoms with E-state index in [0.29, 0.717) is 32.7 Å². The summed E-state index contributed by atoms with van der Waals surface area (Å²) in [4.78, 5) is 23.4. The fourth-order valence-corrected chi connectivity index (χ4v) is 3.46. The summed E-state index contributed by atoms with van der Waals surface area (Å²) < 4.78 is 17.0. The second kappa shape index (κ2) is 12.5. The van der Waals surface area contributed by atoms with Crippen LogP contribution in [0.5, 0.6) is 21.9 Å². The van der Waals surface area contributed by atoms with Crippen LogP contribution >= 0.6 is 22.9 Å². The van der Waals surface area contributed by atoms with Crippen molar-refractivity contribution >= 4 is 28.8 Å². The summed E-state index contributed by atoms with van der Waals surface area (Å²) in [6.07, 6.45) is 12.6. The summed E-state index contributed by atoms with van der Waals surface area (Å²) in [5.41, 5.74) is 0.976. The van der Waals surface area contributed by atoms with Gasteiger partial charge < -0.3 is 19.5 Å². The lowest BCUT2D eigenvalue weighted by Gasteiger charge is -2.13. The highest BCUT2D eigenvalue weighted by atomic mass is 35.5. The molecule has 0 aliphatic heterocycles. The van der Waals surface area contributed by atoms with Crippen molar-refractivity contribution in [3.8, 4) is 21.9 Å². The van der Waals surface area contributed by atoms with Gasteiger partial charge in [-0.15, -0.1) is 0 Å². The van der Waals surface area contributed by atoms with Crippen LogP contribution in [-0.2, 0) is 4.79 Å². The fraction of sp³-hybridized carbons (Fsp3) is 0.167. The lowest BCUT2D eigenvalue weighted by atomic mass is 10.1. The van der Waals surface area contributed by atoms with Crippen molar-refractivity contribution in [3.05, 3.63) is 89.9 Å². The predicted molar refractivity (Wildman–Crippen MR) is 131 cm³/mol. The topological polar surface area (TPSA) is 95.5 Å². The molecule has 0 saturated carbocycles. The highest BCUT2D eigenvalue weighted by Crippen LogP contribution is 2.32. The molecule has 0 fully saturated rings. The maximum atomic E-state index is 11.2. The van der Waals surface area contributed by atoms with E-state index >= 15 is 0 Å². The SMILES string of the molecule is C\C=C/C(=C\C(Cl)=C\Oc1ncc(Oc2ccc(C(C)NC(C)=O)cc2)s1)Oc1cnccn1. The minimum atomic E-state index is -0.0834. The summed E-state index contributed by atoms with van der Waals surface area (Å²) in [6, 6.07) is 7.37. The first-order chi connectivity index (χ1) is 16.4. The van der Waals surface area contributed by atoms with Gasteiger partial charge in [0.2, 0.25) is 16.9 Å². The molecule has 10 heteroatoms. The number of thiazole rings is 1. The van der Waals surface area contributed by atoms with Gasteiger partial charge >= 0.3 is 0 Å². The van der Waals surface area contributed by atoms with E-state index in [0.717, 1.165) is 5.56 Å². The molecule has 0 spiro atoms. The summed E-state index contributed by atoms with van der Waals surface area (Å²) in [5, 5.41) is 4.05. The number of aromatic nitrogens is 3. The van der Waals surface area contributed by atoms with E-state index in [1.54, 1.807) is 24.5 Å². The third-order valence-corrected chi connectivity index (χ3v) is 5.09. The van der Waals surface area contributed by atoms with Gasteiger partial charge in [0, 0.05) is 25.4 Å². The van der Waals surface area contributed by atoms with Crippen molar-refractivity contribution in [1.82, 2.24) is 20.3 Å². The molecule has 34 heavy (non-hydrogen) atoms.